The molecule has 0 spiro atoms. The third-order valence-corrected chi connectivity index (χ3v) is 2.11. The first-order chi connectivity index (χ1) is 7.79. The molecule has 2 heterocycles. The van der Waals surface area contributed by atoms with Gasteiger partial charge in [-0.2, -0.15) is 4.98 Å². The number of nitrogens with zero attached hydrogens (tertiary/aromatic N) is 2. The quantitative estimate of drug-likeness (QED) is 0.739. The van der Waals surface area contributed by atoms with Gasteiger partial charge in [-0.1, -0.05) is 6.92 Å². The molecule has 4 nitrogen and oxygen atoms in total. The van der Waals surface area contributed by atoms with E-state index in [1.807, 2.05) is 25.1 Å². The topological polar surface area (TPSA) is 52.1 Å². The van der Waals surface area contributed by atoms with E-state index in [-0.39, 0.29) is 5.97 Å². The number of carbonyl (C=O) groups excluding carboxylic acids is 1. The SMILES string of the molecule is CCCC(=O)Oc1ccc2cccnc2n1. The number of esters is 1. The highest BCUT2D eigenvalue weighted by Gasteiger charge is 2.05. The molecule has 0 unspecified atom stereocenters. The Morgan fingerprint density at radius 2 is 2.25 bits per heavy atom. The lowest BCUT2D eigenvalue weighted by Gasteiger charge is -2.02. The van der Waals surface area contributed by atoms with E-state index in [4.69, 9.17) is 4.74 Å². The number of hydrogen-bond acceptors (Lipinski definition) is 4. The van der Waals surface area contributed by atoms with Crippen molar-refractivity contribution >= 4 is 17.0 Å². The Bertz CT molecular complexity index is 511. The smallest absolute Gasteiger partial charge is 0.312 e. The average Bonchev–Trinajstić information content (AvgIpc) is 2.29. The zero-order valence-corrected chi connectivity index (χ0v) is 9.01. The Morgan fingerprint density at radius 3 is 3.06 bits per heavy atom. The molecular formula is C12H12N2O2. The van der Waals surface area contributed by atoms with Crippen molar-refractivity contribution in [1.29, 1.82) is 0 Å². The zero-order valence-electron chi connectivity index (χ0n) is 9.01. The van der Waals surface area contributed by atoms with Gasteiger partial charge in [0.15, 0.2) is 5.65 Å². The van der Waals surface area contributed by atoms with Crippen LogP contribution >= 0.6 is 0 Å². The van der Waals surface area contributed by atoms with Gasteiger partial charge in [0.1, 0.15) is 0 Å². The van der Waals surface area contributed by atoms with Crippen LogP contribution in [-0.4, -0.2) is 15.9 Å². The van der Waals surface area contributed by atoms with Gasteiger partial charge in [-0.05, 0) is 24.6 Å². The van der Waals surface area contributed by atoms with E-state index in [0.29, 0.717) is 17.9 Å². The Kier molecular flexibility index (Phi) is 3.10. The van der Waals surface area contributed by atoms with Crippen LogP contribution in [0, 0.1) is 0 Å². The van der Waals surface area contributed by atoms with E-state index in [1.165, 1.54) is 0 Å². The second-order valence-electron chi connectivity index (χ2n) is 3.42. The fourth-order valence-electron chi connectivity index (χ4n) is 1.36. The van der Waals surface area contributed by atoms with E-state index in [1.54, 1.807) is 12.3 Å². The molecule has 0 bridgehead atoms. The first-order valence-corrected chi connectivity index (χ1v) is 5.22. The number of carbonyl (C=O) groups is 1. The molecular weight excluding hydrogens is 204 g/mol. The lowest BCUT2D eigenvalue weighted by Crippen LogP contribution is -2.08. The van der Waals surface area contributed by atoms with E-state index < -0.39 is 0 Å². The highest BCUT2D eigenvalue weighted by Crippen LogP contribution is 2.14. The monoisotopic (exact) mass is 216 g/mol. The molecule has 0 aliphatic carbocycles. The number of ether oxygens (including phenoxy) is 1. The van der Waals surface area contributed by atoms with E-state index in [9.17, 15) is 4.79 Å². The molecule has 0 saturated heterocycles. The predicted molar refractivity (Wildman–Crippen MR) is 60.1 cm³/mol. The van der Waals surface area contributed by atoms with Gasteiger partial charge >= 0.3 is 5.97 Å². The van der Waals surface area contributed by atoms with Gasteiger partial charge in [0.05, 0.1) is 0 Å². The first kappa shape index (κ1) is 10.5. The summed E-state index contributed by atoms with van der Waals surface area (Å²) in [5.41, 5.74) is 0.587. The van der Waals surface area contributed by atoms with Gasteiger partial charge in [0, 0.05) is 24.1 Å². The molecule has 82 valence electrons. The molecule has 0 aromatic carbocycles. The summed E-state index contributed by atoms with van der Waals surface area (Å²) in [6, 6.07) is 7.27. The standard InChI is InChI=1S/C12H12N2O2/c1-2-4-11(15)16-10-7-6-9-5-3-8-13-12(9)14-10/h3,5-8H,2,4H2,1H3. The van der Waals surface area contributed by atoms with Crippen molar-refractivity contribution in [2.75, 3.05) is 0 Å². The van der Waals surface area contributed by atoms with Gasteiger partial charge in [0.2, 0.25) is 5.88 Å². The molecule has 0 aliphatic heterocycles. The average molecular weight is 216 g/mol. The summed E-state index contributed by atoms with van der Waals surface area (Å²) < 4.78 is 5.07. The van der Waals surface area contributed by atoms with Gasteiger partial charge < -0.3 is 4.74 Å². The van der Waals surface area contributed by atoms with Crippen LogP contribution in [0.4, 0.5) is 0 Å². The van der Waals surface area contributed by atoms with Crippen molar-refractivity contribution in [3.05, 3.63) is 30.5 Å². The van der Waals surface area contributed by atoms with Crippen molar-refractivity contribution in [3.8, 4) is 5.88 Å². The molecule has 0 saturated carbocycles. The minimum atomic E-state index is -0.259. The molecule has 0 fully saturated rings. The van der Waals surface area contributed by atoms with E-state index >= 15 is 0 Å². The van der Waals surface area contributed by atoms with Crippen LogP contribution in [-0.2, 0) is 4.79 Å². The molecule has 2 aromatic heterocycles. The molecule has 2 rings (SSSR count). The number of hydrogen-bond donors (Lipinski definition) is 0. The molecule has 16 heavy (non-hydrogen) atoms. The zero-order chi connectivity index (χ0) is 11.4. The fourth-order valence-corrected chi connectivity index (χ4v) is 1.36. The molecule has 4 heteroatoms. The normalized spacial score (nSPS) is 10.3. The van der Waals surface area contributed by atoms with Crippen molar-refractivity contribution in [2.24, 2.45) is 0 Å². The van der Waals surface area contributed by atoms with Crippen molar-refractivity contribution in [1.82, 2.24) is 9.97 Å². The summed E-state index contributed by atoms with van der Waals surface area (Å²) in [6.45, 7) is 1.93. The largest absolute Gasteiger partial charge is 0.407 e. The highest BCUT2D eigenvalue weighted by molar-refractivity contribution is 5.76. The van der Waals surface area contributed by atoms with Crippen molar-refractivity contribution in [3.63, 3.8) is 0 Å². The highest BCUT2D eigenvalue weighted by atomic mass is 16.5. The molecule has 0 atom stereocenters. The molecule has 0 radical (unpaired) electrons. The lowest BCUT2D eigenvalue weighted by molar-refractivity contribution is -0.134. The fraction of sp³-hybridized carbons (Fsp3) is 0.250. The van der Waals surface area contributed by atoms with Crippen molar-refractivity contribution in [2.45, 2.75) is 19.8 Å². The summed E-state index contributed by atoms with van der Waals surface area (Å²) in [6.07, 6.45) is 2.83. The molecule has 2 aromatic rings. The van der Waals surface area contributed by atoms with Crippen LogP contribution in [0.2, 0.25) is 0 Å². The Labute approximate surface area is 93.3 Å². The number of fused-ring (bicyclic) bond motifs is 1. The summed E-state index contributed by atoms with van der Waals surface area (Å²) >= 11 is 0. The second-order valence-corrected chi connectivity index (χ2v) is 3.42. The maximum absolute atomic E-state index is 11.3. The minimum Gasteiger partial charge on any atom is -0.407 e. The minimum absolute atomic E-state index is 0.259. The van der Waals surface area contributed by atoms with Crippen LogP contribution < -0.4 is 4.74 Å². The maximum Gasteiger partial charge on any atom is 0.312 e. The number of aromatic nitrogens is 2. The van der Waals surface area contributed by atoms with Crippen LogP contribution in [0.15, 0.2) is 30.5 Å². The Morgan fingerprint density at radius 1 is 1.38 bits per heavy atom. The van der Waals surface area contributed by atoms with Crippen LogP contribution in [0.3, 0.4) is 0 Å². The summed E-state index contributed by atoms with van der Waals surface area (Å²) in [7, 11) is 0. The molecule has 0 N–H and O–H groups in total. The summed E-state index contributed by atoms with van der Waals surface area (Å²) in [5, 5.41) is 0.929. The van der Waals surface area contributed by atoms with Gasteiger partial charge in [-0.15, -0.1) is 0 Å². The van der Waals surface area contributed by atoms with Crippen LogP contribution in [0.25, 0.3) is 11.0 Å². The summed E-state index contributed by atoms with van der Waals surface area (Å²) in [5.74, 6) is 0.0509. The first-order valence-electron chi connectivity index (χ1n) is 5.22. The maximum atomic E-state index is 11.3. The number of pyridine rings is 2. The van der Waals surface area contributed by atoms with Gasteiger partial charge in [-0.25, -0.2) is 4.98 Å². The van der Waals surface area contributed by atoms with Crippen LogP contribution in [0.1, 0.15) is 19.8 Å². The van der Waals surface area contributed by atoms with Gasteiger partial charge in [-0.3, -0.25) is 4.79 Å². The second kappa shape index (κ2) is 4.70. The predicted octanol–water partition coefficient (Wildman–Crippen LogP) is 2.34. The Balaban J connectivity index is 2.22. The van der Waals surface area contributed by atoms with E-state index in [2.05, 4.69) is 9.97 Å². The third-order valence-electron chi connectivity index (χ3n) is 2.11. The van der Waals surface area contributed by atoms with Crippen molar-refractivity contribution < 1.29 is 9.53 Å². The molecule has 0 amide bonds. The van der Waals surface area contributed by atoms with Gasteiger partial charge in [0.25, 0.3) is 0 Å². The van der Waals surface area contributed by atoms with E-state index in [0.717, 1.165) is 11.8 Å². The lowest BCUT2D eigenvalue weighted by atomic mass is 10.3. The summed E-state index contributed by atoms with van der Waals surface area (Å²) in [4.78, 5) is 19.5. The number of rotatable bonds is 3. The third kappa shape index (κ3) is 2.34. The van der Waals surface area contributed by atoms with Crippen LogP contribution in [0.5, 0.6) is 5.88 Å². The Hall–Kier alpha value is -1.97. The molecule has 0 aliphatic rings.